The van der Waals surface area contributed by atoms with Crippen LogP contribution in [0.5, 0.6) is 5.75 Å². The molecule has 1 aliphatic carbocycles. The first kappa shape index (κ1) is 19.9. The van der Waals surface area contributed by atoms with E-state index in [2.05, 4.69) is 27.8 Å². The number of amides is 1. The van der Waals surface area contributed by atoms with E-state index < -0.39 is 5.91 Å². The quantitative estimate of drug-likeness (QED) is 0.383. The Hall–Kier alpha value is -1.88. The van der Waals surface area contributed by atoms with Crippen molar-refractivity contribution < 1.29 is 14.3 Å². The van der Waals surface area contributed by atoms with E-state index in [0.29, 0.717) is 12.3 Å². The Morgan fingerprint density at radius 1 is 1.22 bits per heavy atom. The molecule has 1 saturated carbocycles. The number of ketones is 1. The van der Waals surface area contributed by atoms with Gasteiger partial charge in [0, 0.05) is 5.70 Å². The van der Waals surface area contributed by atoms with Gasteiger partial charge in [0.05, 0.1) is 23.1 Å². The van der Waals surface area contributed by atoms with Crippen LogP contribution in [0.1, 0.15) is 56.9 Å². The van der Waals surface area contributed by atoms with E-state index in [1.54, 1.807) is 6.08 Å². The molecule has 1 heterocycles. The molecular weight excluding hydrogens is 406 g/mol. The molecule has 1 aromatic carbocycles. The molecule has 3 rings (SSSR count). The highest BCUT2D eigenvalue weighted by atomic mass is 79.9. The molecule has 5 heteroatoms. The molecule has 1 aromatic rings. The summed E-state index contributed by atoms with van der Waals surface area (Å²) in [6.45, 7) is 4.35. The van der Waals surface area contributed by atoms with Gasteiger partial charge in [-0.2, -0.15) is 0 Å². The molecule has 1 saturated heterocycles. The number of ether oxygens (including phenoxy) is 1. The number of Topliss-reactive ketones (excluding diaryl/α,β-unsaturated/α-hetero) is 1. The van der Waals surface area contributed by atoms with Crippen molar-refractivity contribution in [1.29, 1.82) is 0 Å². The largest absolute Gasteiger partial charge is 0.492 e. The van der Waals surface area contributed by atoms with Crippen molar-refractivity contribution in [3.05, 3.63) is 46.1 Å². The Bertz CT molecular complexity index is 741. The lowest BCUT2D eigenvalue weighted by atomic mass is 9.86. The lowest BCUT2D eigenvalue weighted by Crippen LogP contribution is -2.34. The first-order valence-electron chi connectivity index (χ1n) is 9.69. The zero-order valence-corrected chi connectivity index (χ0v) is 17.1. The number of carbonyl (C=O) groups excluding carboxylic acids is 2. The number of hydrogen-bond donors (Lipinski definition) is 1. The summed E-state index contributed by atoms with van der Waals surface area (Å²) in [5.74, 6) is 1.06. The average molecular weight is 432 g/mol. The van der Waals surface area contributed by atoms with Crippen molar-refractivity contribution in [2.45, 2.75) is 51.4 Å². The molecule has 1 N–H and O–H groups in total. The third kappa shape index (κ3) is 5.55. The molecule has 2 aliphatic rings. The van der Waals surface area contributed by atoms with E-state index >= 15 is 0 Å². The number of halogens is 1. The highest BCUT2D eigenvalue weighted by Gasteiger charge is 2.25. The van der Waals surface area contributed by atoms with Gasteiger partial charge >= 0.3 is 0 Å². The number of piperidine rings is 1. The van der Waals surface area contributed by atoms with E-state index in [9.17, 15) is 9.59 Å². The molecule has 144 valence electrons. The van der Waals surface area contributed by atoms with Crippen molar-refractivity contribution in [2.75, 3.05) is 6.61 Å². The first-order valence-corrected chi connectivity index (χ1v) is 10.5. The van der Waals surface area contributed by atoms with Crippen molar-refractivity contribution in [2.24, 2.45) is 5.92 Å². The minimum Gasteiger partial charge on any atom is -0.492 e. The van der Waals surface area contributed by atoms with Crippen LogP contribution in [-0.2, 0) is 9.59 Å². The first-order chi connectivity index (χ1) is 13.0. The fourth-order valence-electron chi connectivity index (χ4n) is 3.75. The zero-order chi connectivity index (χ0) is 19.2. The van der Waals surface area contributed by atoms with Crippen LogP contribution in [0.3, 0.4) is 0 Å². The van der Waals surface area contributed by atoms with Crippen LogP contribution in [0.4, 0.5) is 0 Å². The van der Waals surface area contributed by atoms with E-state index in [1.165, 1.54) is 38.5 Å². The fourth-order valence-corrected chi connectivity index (χ4v) is 4.27. The lowest BCUT2D eigenvalue weighted by molar-refractivity contribution is -0.123. The van der Waals surface area contributed by atoms with Gasteiger partial charge in [-0.15, -0.1) is 0 Å². The van der Waals surface area contributed by atoms with Gasteiger partial charge in [-0.3, -0.25) is 9.59 Å². The second-order valence-corrected chi connectivity index (χ2v) is 8.25. The number of benzene rings is 1. The zero-order valence-electron chi connectivity index (χ0n) is 15.6. The van der Waals surface area contributed by atoms with Crippen molar-refractivity contribution in [3.8, 4) is 5.75 Å². The van der Waals surface area contributed by atoms with E-state index in [1.807, 2.05) is 18.2 Å². The van der Waals surface area contributed by atoms with Crippen LogP contribution < -0.4 is 10.1 Å². The molecule has 1 amide bonds. The third-order valence-electron chi connectivity index (χ3n) is 5.22. The maximum Gasteiger partial charge on any atom is 0.259 e. The smallest absolute Gasteiger partial charge is 0.259 e. The van der Waals surface area contributed by atoms with Crippen LogP contribution >= 0.6 is 15.9 Å². The standard InChI is InChI=1S/C22H26BrNO3/c1-15-12-20(25)18(22(26)24-15)13-17-9-10-21(19(23)14-17)27-11-5-8-16-6-3-2-4-7-16/h9-10,13-14,16H,1-8,11-12H2,(H,24,26)/b18-13+. The molecule has 0 bridgehead atoms. The van der Waals surface area contributed by atoms with E-state index in [4.69, 9.17) is 4.74 Å². The highest BCUT2D eigenvalue weighted by molar-refractivity contribution is 9.10. The summed E-state index contributed by atoms with van der Waals surface area (Å²) in [4.78, 5) is 24.0. The maximum absolute atomic E-state index is 12.0. The minimum atomic E-state index is -0.393. The Morgan fingerprint density at radius 2 is 2.00 bits per heavy atom. The molecule has 0 spiro atoms. The normalized spacial score (nSPS) is 20.0. The van der Waals surface area contributed by atoms with Crippen molar-refractivity contribution >= 4 is 33.7 Å². The molecular formula is C22H26BrNO3. The SMILES string of the molecule is C=C1CC(=O)/C(=C\c2ccc(OCCCC3CCCCC3)c(Br)c2)C(=O)N1. The van der Waals surface area contributed by atoms with Crippen LogP contribution in [0, 0.1) is 5.92 Å². The summed E-state index contributed by atoms with van der Waals surface area (Å²) in [6, 6.07) is 5.60. The second kappa shape index (κ2) is 9.36. The van der Waals surface area contributed by atoms with Crippen molar-refractivity contribution in [1.82, 2.24) is 5.32 Å². The average Bonchev–Trinajstić information content (AvgIpc) is 2.64. The Morgan fingerprint density at radius 3 is 2.70 bits per heavy atom. The van der Waals surface area contributed by atoms with Gasteiger partial charge in [0.25, 0.3) is 5.91 Å². The lowest BCUT2D eigenvalue weighted by Gasteiger charge is -2.21. The topological polar surface area (TPSA) is 55.4 Å². The predicted octanol–water partition coefficient (Wildman–Crippen LogP) is 5.17. The minimum absolute atomic E-state index is 0.154. The molecule has 0 unspecified atom stereocenters. The van der Waals surface area contributed by atoms with Crippen LogP contribution in [-0.4, -0.2) is 18.3 Å². The predicted molar refractivity (Wildman–Crippen MR) is 110 cm³/mol. The molecule has 0 aromatic heterocycles. The van der Waals surface area contributed by atoms with E-state index in [0.717, 1.165) is 28.1 Å². The van der Waals surface area contributed by atoms with Gasteiger partial charge in [0.1, 0.15) is 5.75 Å². The van der Waals surface area contributed by atoms with Crippen LogP contribution in [0.15, 0.2) is 40.5 Å². The van der Waals surface area contributed by atoms with Gasteiger partial charge in [-0.25, -0.2) is 0 Å². The summed E-state index contributed by atoms with van der Waals surface area (Å²) in [5.41, 5.74) is 1.39. The van der Waals surface area contributed by atoms with Crippen LogP contribution in [0.2, 0.25) is 0 Å². The Balaban J connectivity index is 1.55. The summed E-state index contributed by atoms with van der Waals surface area (Å²) in [6.07, 6.45) is 11.0. The molecule has 0 atom stereocenters. The third-order valence-corrected chi connectivity index (χ3v) is 5.83. The molecule has 4 nitrogen and oxygen atoms in total. The monoisotopic (exact) mass is 431 g/mol. The van der Waals surface area contributed by atoms with Crippen LogP contribution in [0.25, 0.3) is 6.08 Å². The highest BCUT2D eigenvalue weighted by Crippen LogP contribution is 2.29. The van der Waals surface area contributed by atoms with Gasteiger partial charge < -0.3 is 10.1 Å². The summed E-state index contributed by atoms with van der Waals surface area (Å²) < 4.78 is 6.73. The van der Waals surface area contributed by atoms with E-state index in [-0.39, 0.29) is 17.8 Å². The number of nitrogens with one attached hydrogen (secondary N) is 1. The number of allylic oxidation sites excluding steroid dienone is 1. The fraction of sp³-hybridized carbons (Fsp3) is 0.455. The van der Waals surface area contributed by atoms with Gasteiger partial charge in [-0.1, -0.05) is 44.7 Å². The summed E-state index contributed by atoms with van der Waals surface area (Å²) in [5, 5.41) is 2.61. The summed E-state index contributed by atoms with van der Waals surface area (Å²) in [7, 11) is 0. The molecule has 27 heavy (non-hydrogen) atoms. The van der Waals surface area contributed by atoms with Gasteiger partial charge in [0.15, 0.2) is 5.78 Å². The molecule has 2 fully saturated rings. The molecule has 0 radical (unpaired) electrons. The molecule has 1 aliphatic heterocycles. The Kier molecular flexibility index (Phi) is 6.89. The number of hydrogen-bond acceptors (Lipinski definition) is 3. The second-order valence-electron chi connectivity index (χ2n) is 7.40. The summed E-state index contributed by atoms with van der Waals surface area (Å²) >= 11 is 3.53. The van der Waals surface area contributed by atoms with Gasteiger partial charge in [0.2, 0.25) is 0 Å². The number of rotatable bonds is 6. The van der Waals surface area contributed by atoms with Gasteiger partial charge in [-0.05, 0) is 58.5 Å². The van der Waals surface area contributed by atoms with Crippen molar-refractivity contribution in [3.63, 3.8) is 0 Å². The maximum atomic E-state index is 12.0. The number of carbonyl (C=O) groups is 2. The Labute approximate surface area is 169 Å².